The van der Waals surface area contributed by atoms with Gasteiger partial charge in [0.15, 0.2) is 0 Å². The number of aromatic nitrogens is 1. The number of halogens is 1. The number of hydrogen-bond acceptors (Lipinski definition) is 4. The molecule has 0 aliphatic carbocycles. The van der Waals surface area contributed by atoms with Crippen molar-refractivity contribution in [3.63, 3.8) is 0 Å². The van der Waals surface area contributed by atoms with Crippen molar-refractivity contribution in [2.75, 3.05) is 0 Å². The molecule has 0 aliphatic heterocycles. The SMILES string of the molecule is CC(C)Oc1ccc2c(c1)c(CCC(=O)O)cn2S(=O)(=O)c1ccc(Br)cc1. The molecule has 0 spiro atoms. The first-order valence-corrected chi connectivity index (χ1v) is 11.0. The van der Waals surface area contributed by atoms with Crippen LogP contribution >= 0.6 is 15.9 Å². The van der Waals surface area contributed by atoms with Gasteiger partial charge in [-0.2, -0.15) is 0 Å². The standard InChI is InChI=1S/C20H20BrNO5S/c1-13(2)27-16-6-9-19-18(11-16)14(3-10-20(23)24)12-22(19)28(25,26)17-7-4-15(21)5-8-17/h4-9,11-13H,3,10H2,1-2H3,(H,23,24). The number of hydrogen-bond donors (Lipinski definition) is 1. The van der Waals surface area contributed by atoms with Crippen LogP contribution in [0.1, 0.15) is 25.8 Å². The summed E-state index contributed by atoms with van der Waals surface area (Å²) in [6, 6.07) is 11.6. The van der Waals surface area contributed by atoms with Gasteiger partial charge in [-0.15, -0.1) is 0 Å². The average molecular weight is 466 g/mol. The summed E-state index contributed by atoms with van der Waals surface area (Å²) in [6.07, 6.45) is 1.60. The Bertz CT molecular complexity index is 1120. The predicted molar refractivity (Wildman–Crippen MR) is 110 cm³/mol. The lowest BCUT2D eigenvalue weighted by atomic mass is 10.1. The molecule has 148 valence electrons. The summed E-state index contributed by atoms with van der Waals surface area (Å²) in [7, 11) is -3.83. The molecule has 1 N–H and O–H groups in total. The molecule has 0 fully saturated rings. The third-order valence-corrected chi connectivity index (χ3v) is 6.39. The van der Waals surface area contributed by atoms with Gasteiger partial charge in [-0.05, 0) is 68.3 Å². The van der Waals surface area contributed by atoms with Gasteiger partial charge >= 0.3 is 5.97 Å². The van der Waals surface area contributed by atoms with Crippen LogP contribution < -0.4 is 4.74 Å². The molecule has 0 bridgehead atoms. The zero-order valence-electron chi connectivity index (χ0n) is 15.4. The number of carbonyl (C=O) groups is 1. The third kappa shape index (κ3) is 4.23. The number of carboxylic acids is 1. The topological polar surface area (TPSA) is 85.6 Å². The van der Waals surface area contributed by atoms with Crippen LogP contribution in [-0.4, -0.2) is 29.6 Å². The van der Waals surface area contributed by atoms with E-state index in [9.17, 15) is 13.2 Å². The minimum absolute atomic E-state index is 0.0338. The van der Waals surface area contributed by atoms with Gasteiger partial charge in [0.25, 0.3) is 10.0 Å². The van der Waals surface area contributed by atoms with Crippen molar-refractivity contribution < 1.29 is 23.1 Å². The van der Waals surface area contributed by atoms with E-state index in [0.717, 1.165) is 4.47 Å². The molecule has 28 heavy (non-hydrogen) atoms. The molecule has 0 saturated heterocycles. The highest BCUT2D eigenvalue weighted by molar-refractivity contribution is 9.10. The molecule has 8 heteroatoms. The smallest absolute Gasteiger partial charge is 0.303 e. The monoisotopic (exact) mass is 465 g/mol. The fraction of sp³-hybridized carbons (Fsp3) is 0.250. The van der Waals surface area contributed by atoms with Crippen molar-refractivity contribution >= 4 is 42.8 Å². The van der Waals surface area contributed by atoms with Crippen molar-refractivity contribution in [3.8, 4) is 5.75 Å². The van der Waals surface area contributed by atoms with E-state index in [1.807, 2.05) is 13.8 Å². The van der Waals surface area contributed by atoms with Crippen LogP contribution in [-0.2, 0) is 21.2 Å². The molecule has 0 radical (unpaired) electrons. The largest absolute Gasteiger partial charge is 0.491 e. The van der Waals surface area contributed by atoms with Crippen molar-refractivity contribution in [3.05, 3.63) is 58.7 Å². The molecule has 1 aromatic heterocycles. The Balaban J connectivity index is 2.16. The van der Waals surface area contributed by atoms with Crippen LogP contribution in [0.4, 0.5) is 0 Å². The molecule has 6 nitrogen and oxygen atoms in total. The minimum Gasteiger partial charge on any atom is -0.491 e. The van der Waals surface area contributed by atoms with Crippen molar-refractivity contribution in [2.24, 2.45) is 0 Å². The second-order valence-electron chi connectivity index (χ2n) is 6.65. The highest BCUT2D eigenvalue weighted by Gasteiger charge is 2.22. The molecular weight excluding hydrogens is 446 g/mol. The first-order chi connectivity index (χ1) is 13.2. The molecule has 0 atom stereocenters. The Hall–Kier alpha value is -2.32. The normalized spacial score (nSPS) is 11.9. The maximum absolute atomic E-state index is 13.2. The Labute approximate surface area is 171 Å². The molecule has 2 aromatic carbocycles. The lowest BCUT2D eigenvalue weighted by Gasteiger charge is -2.11. The zero-order chi connectivity index (χ0) is 20.5. The summed E-state index contributed by atoms with van der Waals surface area (Å²) in [5, 5.41) is 9.70. The minimum atomic E-state index is -3.83. The number of fused-ring (bicyclic) bond motifs is 1. The molecule has 0 unspecified atom stereocenters. The Morgan fingerprint density at radius 1 is 1.18 bits per heavy atom. The summed E-state index contributed by atoms with van der Waals surface area (Å²) in [4.78, 5) is 11.2. The van der Waals surface area contributed by atoms with Gasteiger partial charge in [-0.25, -0.2) is 12.4 Å². The van der Waals surface area contributed by atoms with Crippen LogP contribution in [0.2, 0.25) is 0 Å². The van der Waals surface area contributed by atoms with E-state index in [1.165, 1.54) is 22.3 Å². The zero-order valence-corrected chi connectivity index (χ0v) is 17.8. The number of rotatable bonds is 7. The third-order valence-electron chi connectivity index (χ3n) is 4.17. The van der Waals surface area contributed by atoms with Gasteiger partial charge in [0.1, 0.15) is 5.75 Å². The lowest BCUT2D eigenvalue weighted by Crippen LogP contribution is -2.12. The molecule has 3 aromatic rings. The van der Waals surface area contributed by atoms with Gasteiger partial charge in [-0.1, -0.05) is 15.9 Å². The maximum atomic E-state index is 13.2. The second-order valence-corrected chi connectivity index (χ2v) is 9.38. The Kier molecular flexibility index (Phi) is 5.81. The highest BCUT2D eigenvalue weighted by Crippen LogP contribution is 2.30. The average Bonchev–Trinajstić information content (AvgIpc) is 2.98. The number of nitrogens with zero attached hydrogens (tertiary/aromatic N) is 1. The van der Waals surface area contributed by atoms with Gasteiger partial charge < -0.3 is 9.84 Å². The predicted octanol–water partition coefficient (Wildman–Crippen LogP) is 4.45. The van der Waals surface area contributed by atoms with Gasteiger partial charge in [0, 0.05) is 22.5 Å². The molecule has 0 saturated carbocycles. The van der Waals surface area contributed by atoms with Crippen molar-refractivity contribution in [1.29, 1.82) is 0 Å². The first kappa shape index (κ1) is 20.4. The van der Waals surface area contributed by atoms with E-state index in [-0.39, 0.29) is 23.8 Å². The van der Waals surface area contributed by atoms with E-state index in [0.29, 0.717) is 22.2 Å². The number of benzene rings is 2. The molecule has 0 aliphatic rings. The van der Waals surface area contributed by atoms with E-state index in [2.05, 4.69) is 15.9 Å². The second kappa shape index (κ2) is 7.97. The van der Waals surface area contributed by atoms with E-state index in [1.54, 1.807) is 30.3 Å². The quantitative estimate of drug-likeness (QED) is 0.556. The molecular formula is C20H20BrNO5S. The molecule has 3 rings (SSSR count). The number of aryl methyl sites for hydroxylation is 1. The Morgan fingerprint density at radius 3 is 2.46 bits per heavy atom. The van der Waals surface area contributed by atoms with Crippen molar-refractivity contribution in [1.82, 2.24) is 3.97 Å². The van der Waals surface area contributed by atoms with Crippen LogP contribution in [0.25, 0.3) is 10.9 Å². The van der Waals surface area contributed by atoms with Gasteiger partial charge in [-0.3, -0.25) is 4.79 Å². The van der Waals surface area contributed by atoms with Gasteiger partial charge in [0.2, 0.25) is 0 Å². The first-order valence-electron chi connectivity index (χ1n) is 8.72. The van der Waals surface area contributed by atoms with Crippen LogP contribution in [0.3, 0.4) is 0 Å². The summed E-state index contributed by atoms with van der Waals surface area (Å²) >= 11 is 3.30. The summed E-state index contributed by atoms with van der Waals surface area (Å²) < 4.78 is 34.1. The number of aliphatic carboxylic acids is 1. The highest BCUT2D eigenvalue weighted by atomic mass is 79.9. The summed E-state index contributed by atoms with van der Waals surface area (Å²) in [5.74, 6) is -0.330. The number of ether oxygens (including phenoxy) is 1. The van der Waals surface area contributed by atoms with Crippen molar-refractivity contribution in [2.45, 2.75) is 37.7 Å². The fourth-order valence-electron chi connectivity index (χ4n) is 2.95. The number of carboxylic acid groups (broad SMARTS) is 1. The van der Waals surface area contributed by atoms with Crippen LogP contribution in [0.15, 0.2) is 58.0 Å². The van der Waals surface area contributed by atoms with E-state index < -0.39 is 16.0 Å². The summed E-state index contributed by atoms with van der Waals surface area (Å²) in [5.41, 5.74) is 1.13. The fourth-order valence-corrected chi connectivity index (χ4v) is 4.61. The molecule has 1 heterocycles. The lowest BCUT2D eigenvalue weighted by molar-refractivity contribution is -0.136. The van der Waals surface area contributed by atoms with Crippen LogP contribution in [0, 0.1) is 0 Å². The van der Waals surface area contributed by atoms with E-state index >= 15 is 0 Å². The summed E-state index contributed by atoms with van der Waals surface area (Å²) in [6.45, 7) is 3.80. The van der Waals surface area contributed by atoms with E-state index in [4.69, 9.17) is 9.84 Å². The van der Waals surface area contributed by atoms with Gasteiger partial charge in [0.05, 0.1) is 16.5 Å². The molecule has 0 amide bonds. The van der Waals surface area contributed by atoms with Crippen LogP contribution in [0.5, 0.6) is 5.75 Å². The Morgan fingerprint density at radius 2 is 1.86 bits per heavy atom. The maximum Gasteiger partial charge on any atom is 0.303 e.